The fraction of sp³-hybridized carbons (Fsp3) is 1.00. The van der Waals surface area contributed by atoms with E-state index in [0.717, 1.165) is 17.8 Å². The highest BCUT2D eigenvalue weighted by atomic mass is 15.2. The van der Waals surface area contributed by atoms with E-state index in [1.165, 1.54) is 38.5 Å². The lowest BCUT2D eigenvalue weighted by atomic mass is 9.73. The molecule has 0 aromatic carbocycles. The van der Waals surface area contributed by atoms with Crippen LogP contribution in [-0.2, 0) is 0 Å². The Morgan fingerprint density at radius 2 is 1.56 bits per heavy atom. The molecular weight excluding hydrogens is 220 g/mol. The Morgan fingerprint density at radius 3 is 1.94 bits per heavy atom. The van der Waals surface area contributed by atoms with Crippen molar-refractivity contribution in [2.75, 3.05) is 0 Å². The Labute approximate surface area is 114 Å². The van der Waals surface area contributed by atoms with Gasteiger partial charge in [0, 0.05) is 6.04 Å². The SMILES string of the molecule is CC(C)C1CCC(C(CCC(C)(C)C)NN)CC1. The molecule has 108 valence electrons. The highest BCUT2D eigenvalue weighted by molar-refractivity contribution is 4.82. The van der Waals surface area contributed by atoms with E-state index in [2.05, 4.69) is 40.0 Å². The van der Waals surface area contributed by atoms with Gasteiger partial charge in [-0.25, -0.2) is 0 Å². The first-order valence-corrected chi connectivity index (χ1v) is 7.79. The smallest absolute Gasteiger partial charge is 0.0238 e. The summed E-state index contributed by atoms with van der Waals surface area (Å²) in [4.78, 5) is 0. The summed E-state index contributed by atoms with van der Waals surface area (Å²) in [6.07, 6.45) is 8.00. The van der Waals surface area contributed by atoms with Crippen LogP contribution < -0.4 is 11.3 Å². The summed E-state index contributed by atoms with van der Waals surface area (Å²) in [5, 5.41) is 0. The van der Waals surface area contributed by atoms with E-state index in [1.807, 2.05) is 0 Å². The zero-order valence-corrected chi connectivity index (χ0v) is 13.1. The third-order valence-corrected chi connectivity index (χ3v) is 4.75. The van der Waals surface area contributed by atoms with Gasteiger partial charge in [0.05, 0.1) is 0 Å². The molecule has 1 unspecified atom stereocenters. The van der Waals surface area contributed by atoms with Crippen molar-refractivity contribution < 1.29 is 0 Å². The van der Waals surface area contributed by atoms with Gasteiger partial charge < -0.3 is 0 Å². The van der Waals surface area contributed by atoms with Crippen molar-refractivity contribution in [3.05, 3.63) is 0 Å². The fourth-order valence-corrected chi connectivity index (χ4v) is 3.26. The molecule has 1 aliphatic rings. The molecule has 0 amide bonds. The molecule has 1 aliphatic carbocycles. The lowest BCUT2D eigenvalue weighted by Gasteiger charge is -2.36. The largest absolute Gasteiger partial charge is 0.271 e. The van der Waals surface area contributed by atoms with Gasteiger partial charge in [-0.3, -0.25) is 11.3 Å². The van der Waals surface area contributed by atoms with E-state index >= 15 is 0 Å². The average molecular weight is 254 g/mol. The maximum absolute atomic E-state index is 5.78. The number of hydrazine groups is 1. The summed E-state index contributed by atoms with van der Waals surface area (Å²) in [7, 11) is 0. The van der Waals surface area contributed by atoms with Crippen LogP contribution in [0.15, 0.2) is 0 Å². The van der Waals surface area contributed by atoms with Gasteiger partial charge in [0.25, 0.3) is 0 Å². The summed E-state index contributed by atoms with van der Waals surface area (Å²) in [5.41, 5.74) is 3.51. The second-order valence-electron chi connectivity index (χ2n) is 7.79. The minimum absolute atomic E-state index is 0.421. The van der Waals surface area contributed by atoms with Crippen LogP contribution in [0.2, 0.25) is 0 Å². The number of hydrogen-bond acceptors (Lipinski definition) is 2. The lowest BCUT2D eigenvalue weighted by Crippen LogP contribution is -2.43. The van der Waals surface area contributed by atoms with Gasteiger partial charge in [-0.2, -0.15) is 0 Å². The van der Waals surface area contributed by atoms with Crippen LogP contribution in [0, 0.1) is 23.2 Å². The van der Waals surface area contributed by atoms with E-state index in [1.54, 1.807) is 0 Å². The molecule has 18 heavy (non-hydrogen) atoms. The van der Waals surface area contributed by atoms with Gasteiger partial charge in [0.1, 0.15) is 0 Å². The van der Waals surface area contributed by atoms with Gasteiger partial charge in [-0.1, -0.05) is 34.6 Å². The summed E-state index contributed by atoms with van der Waals surface area (Å²) in [6, 6.07) is 0.525. The Balaban J connectivity index is 2.38. The molecule has 0 aromatic heterocycles. The Kier molecular flexibility index (Phi) is 6.13. The van der Waals surface area contributed by atoms with Crippen molar-refractivity contribution >= 4 is 0 Å². The monoisotopic (exact) mass is 254 g/mol. The molecule has 0 heterocycles. The summed E-state index contributed by atoms with van der Waals surface area (Å²) >= 11 is 0. The van der Waals surface area contributed by atoms with E-state index < -0.39 is 0 Å². The maximum Gasteiger partial charge on any atom is 0.0238 e. The molecule has 0 spiro atoms. The third-order valence-electron chi connectivity index (χ3n) is 4.75. The quantitative estimate of drug-likeness (QED) is 0.572. The Bertz CT molecular complexity index is 222. The van der Waals surface area contributed by atoms with Gasteiger partial charge in [0.15, 0.2) is 0 Å². The lowest BCUT2D eigenvalue weighted by molar-refractivity contribution is 0.175. The van der Waals surface area contributed by atoms with E-state index in [4.69, 9.17) is 5.84 Å². The van der Waals surface area contributed by atoms with Crippen molar-refractivity contribution in [1.29, 1.82) is 0 Å². The molecule has 2 nitrogen and oxygen atoms in total. The first-order valence-electron chi connectivity index (χ1n) is 7.79. The third kappa shape index (κ3) is 5.27. The van der Waals surface area contributed by atoms with Crippen LogP contribution in [0.4, 0.5) is 0 Å². The molecule has 0 radical (unpaired) electrons. The molecule has 0 aromatic rings. The normalized spacial score (nSPS) is 27.5. The number of rotatable bonds is 5. The van der Waals surface area contributed by atoms with Crippen molar-refractivity contribution in [3.63, 3.8) is 0 Å². The molecule has 3 N–H and O–H groups in total. The number of nitrogens with one attached hydrogen (secondary N) is 1. The zero-order chi connectivity index (χ0) is 13.8. The van der Waals surface area contributed by atoms with Crippen LogP contribution in [-0.4, -0.2) is 6.04 Å². The average Bonchev–Trinajstić information content (AvgIpc) is 2.29. The van der Waals surface area contributed by atoms with Crippen LogP contribution in [0.3, 0.4) is 0 Å². The van der Waals surface area contributed by atoms with Gasteiger partial charge >= 0.3 is 0 Å². The Hall–Kier alpha value is -0.0800. The molecule has 2 heteroatoms. The molecule has 1 saturated carbocycles. The Morgan fingerprint density at radius 1 is 1.06 bits per heavy atom. The topological polar surface area (TPSA) is 38.0 Å². The van der Waals surface area contributed by atoms with Crippen LogP contribution in [0.25, 0.3) is 0 Å². The second-order valence-corrected chi connectivity index (χ2v) is 7.79. The molecule has 0 saturated heterocycles. The highest BCUT2D eigenvalue weighted by Gasteiger charge is 2.28. The fourth-order valence-electron chi connectivity index (χ4n) is 3.26. The van der Waals surface area contributed by atoms with Crippen molar-refractivity contribution in [3.8, 4) is 0 Å². The molecule has 1 atom stereocenters. The predicted molar refractivity (Wildman–Crippen MR) is 80.1 cm³/mol. The highest BCUT2D eigenvalue weighted by Crippen LogP contribution is 2.36. The van der Waals surface area contributed by atoms with Gasteiger partial charge in [-0.15, -0.1) is 0 Å². The summed E-state index contributed by atoms with van der Waals surface area (Å²) in [5.74, 6) is 8.37. The van der Waals surface area contributed by atoms with Crippen molar-refractivity contribution in [2.45, 2.75) is 79.2 Å². The number of hydrogen-bond donors (Lipinski definition) is 2. The van der Waals surface area contributed by atoms with E-state index in [9.17, 15) is 0 Å². The van der Waals surface area contributed by atoms with E-state index in [0.29, 0.717) is 11.5 Å². The molecular formula is C16H34N2. The first-order chi connectivity index (χ1) is 8.33. The molecule has 1 fully saturated rings. The minimum atomic E-state index is 0.421. The molecule has 0 aliphatic heterocycles. The van der Waals surface area contributed by atoms with Crippen LogP contribution >= 0.6 is 0 Å². The molecule has 1 rings (SSSR count). The molecule has 0 bridgehead atoms. The van der Waals surface area contributed by atoms with Crippen LogP contribution in [0.5, 0.6) is 0 Å². The second kappa shape index (κ2) is 6.91. The summed E-state index contributed by atoms with van der Waals surface area (Å²) < 4.78 is 0. The van der Waals surface area contributed by atoms with Crippen molar-refractivity contribution in [1.82, 2.24) is 5.43 Å². The van der Waals surface area contributed by atoms with Gasteiger partial charge in [-0.05, 0) is 61.7 Å². The zero-order valence-electron chi connectivity index (χ0n) is 13.1. The number of nitrogens with two attached hydrogens (primary N) is 1. The standard InChI is InChI=1S/C16H34N2/c1-12(2)13-6-8-14(9-7-13)15(18-17)10-11-16(3,4)5/h12-15,18H,6-11,17H2,1-5H3. The minimum Gasteiger partial charge on any atom is -0.271 e. The van der Waals surface area contributed by atoms with Crippen molar-refractivity contribution in [2.24, 2.45) is 29.0 Å². The van der Waals surface area contributed by atoms with Crippen LogP contribution in [0.1, 0.15) is 73.1 Å². The summed E-state index contributed by atoms with van der Waals surface area (Å²) in [6.45, 7) is 11.7. The van der Waals surface area contributed by atoms with E-state index in [-0.39, 0.29) is 0 Å². The first kappa shape index (κ1) is 16.0. The maximum atomic E-state index is 5.78. The van der Waals surface area contributed by atoms with Gasteiger partial charge in [0.2, 0.25) is 0 Å². The predicted octanol–water partition coefficient (Wildman–Crippen LogP) is 4.11.